The van der Waals surface area contributed by atoms with E-state index in [1.807, 2.05) is 0 Å². The topological polar surface area (TPSA) is 116 Å². The minimum Gasteiger partial charge on any atom is -0.480 e. The molecular weight excluding hydrogens is 216 g/mol. The summed E-state index contributed by atoms with van der Waals surface area (Å²) >= 11 is 0. The Hall–Kier alpha value is -1.63. The smallest absolute Gasteiger partial charge is 0.328 e. The quantitative estimate of drug-likeness (QED) is 0.449. The van der Waals surface area contributed by atoms with Crippen LogP contribution in [0.3, 0.4) is 0 Å². The highest BCUT2D eigenvalue weighted by molar-refractivity contribution is 5.91. The Morgan fingerprint density at radius 1 is 1.56 bits per heavy atom. The van der Waals surface area contributed by atoms with Crippen molar-refractivity contribution in [2.24, 2.45) is 5.92 Å². The minimum absolute atomic E-state index is 0.0536. The predicted octanol–water partition coefficient (Wildman–Crippen LogP) is -1.93. The summed E-state index contributed by atoms with van der Waals surface area (Å²) < 4.78 is 0. The highest BCUT2D eigenvalue weighted by Gasteiger charge is 2.32. The second kappa shape index (κ2) is 4.93. The molecule has 3 unspecified atom stereocenters. The molecule has 3 atom stereocenters. The number of amides is 2. The van der Waals surface area contributed by atoms with E-state index in [0.29, 0.717) is 0 Å². The van der Waals surface area contributed by atoms with Crippen molar-refractivity contribution in [1.82, 2.24) is 10.6 Å². The molecule has 0 radical (unpaired) electrons. The number of rotatable bonds is 4. The molecule has 90 valence electrons. The number of hydrogen-bond acceptors (Lipinski definition) is 4. The average molecular weight is 230 g/mol. The average Bonchev–Trinajstić information content (AvgIpc) is 2.59. The van der Waals surface area contributed by atoms with Gasteiger partial charge in [-0.1, -0.05) is 0 Å². The summed E-state index contributed by atoms with van der Waals surface area (Å²) in [4.78, 5) is 33.1. The maximum atomic E-state index is 11.5. The number of aliphatic hydroxyl groups is 1. The molecule has 0 aromatic heterocycles. The number of hydrogen-bond donors (Lipinski definition) is 4. The molecule has 0 aliphatic carbocycles. The monoisotopic (exact) mass is 230 g/mol. The summed E-state index contributed by atoms with van der Waals surface area (Å²) in [6.45, 7) is 1.48. The first kappa shape index (κ1) is 12.4. The third-order valence-corrected chi connectivity index (χ3v) is 2.39. The van der Waals surface area contributed by atoms with E-state index in [0.717, 1.165) is 0 Å². The van der Waals surface area contributed by atoms with Crippen molar-refractivity contribution in [1.29, 1.82) is 0 Å². The standard InChI is InChI=1S/C9H14N2O5/c1-4(12)7(9(15)16)11-8(14)5-2-6(13)10-3-5/h4-5,7,12H,2-3H2,1H3,(H,10,13)(H,11,14)(H,15,16). The lowest BCUT2D eigenvalue weighted by Crippen LogP contribution is -2.49. The molecule has 16 heavy (non-hydrogen) atoms. The fraction of sp³-hybridized carbons (Fsp3) is 0.667. The highest BCUT2D eigenvalue weighted by atomic mass is 16.4. The van der Waals surface area contributed by atoms with Crippen LogP contribution in [0.2, 0.25) is 0 Å². The zero-order valence-corrected chi connectivity index (χ0v) is 8.77. The highest BCUT2D eigenvalue weighted by Crippen LogP contribution is 2.09. The Morgan fingerprint density at radius 2 is 2.19 bits per heavy atom. The maximum Gasteiger partial charge on any atom is 0.328 e. The Balaban J connectivity index is 2.55. The van der Waals surface area contributed by atoms with Gasteiger partial charge >= 0.3 is 5.97 Å². The van der Waals surface area contributed by atoms with Crippen molar-refractivity contribution in [3.8, 4) is 0 Å². The van der Waals surface area contributed by atoms with Gasteiger partial charge in [0.05, 0.1) is 12.0 Å². The van der Waals surface area contributed by atoms with Gasteiger partial charge in [-0.05, 0) is 6.92 Å². The molecule has 1 saturated heterocycles. The van der Waals surface area contributed by atoms with Crippen LogP contribution in [-0.4, -0.2) is 46.7 Å². The molecule has 1 fully saturated rings. The molecule has 1 heterocycles. The van der Waals surface area contributed by atoms with E-state index in [1.165, 1.54) is 6.92 Å². The second-order valence-corrected chi connectivity index (χ2v) is 3.77. The molecule has 7 heteroatoms. The SMILES string of the molecule is CC(O)C(NC(=O)C1CNC(=O)C1)C(=O)O. The van der Waals surface area contributed by atoms with Crippen molar-refractivity contribution in [3.05, 3.63) is 0 Å². The van der Waals surface area contributed by atoms with E-state index in [9.17, 15) is 14.4 Å². The van der Waals surface area contributed by atoms with Gasteiger partial charge in [-0.15, -0.1) is 0 Å². The molecule has 0 spiro atoms. The number of aliphatic carboxylic acids is 1. The van der Waals surface area contributed by atoms with Gasteiger partial charge < -0.3 is 20.8 Å². The summed E-state index contributed by atoms with van der Waals surface area (Å²) in [5.41, 5.74) is 0. The second-order valence-electron chi connectivity index (χ2n) is 3.77. The van der Waals surface area contributed by atoms with Crippen molar-refractivity contribution in [3.63, 3.8) is 0 Å². The number of carbonyl (C=O) groups excluding carboxylic acids is 2. The van der Waals surface area contributed by atoms with Crippen LogP contribution in [0.5, 0.6) is 0 Å². The van der Waals surface area contributed by atoms with Crippen molar-refractivity contribution in [2.45, 2.75) is 25.5 Å². The van der Waals surface area contributed by atoms with Crippen LogP contribution in [0.15, 0.2) is 0 Å². The first-order valence-electron chi connectivity index (χ1n) is 4.89. The third kappa shape index (κ3) is 2.93. The number of carboxylic acid groups (broad SMARTS) is 1. The van der Waals surface area contributed by atoms with Crippen molar-refractivity contribution in [2.75, 3.05) is 6.54 Å². The summed E-state index contributed by atoms with van der Waals surface area (Å²) in [5, 5.41) is 22.5. The van der Waals surface area contributed by atoms with Crippen LogP contribution in [0.4, 0.5) is 0 Å². The van der Waals surface area contributed by atoms with Crippen LogP contribution in [-0.2, 0) is 14.4 Å². The Morgan fingerprint density at radius 3 is 2.56 bits per heavy atom. The first-order chi connectivity index (χ1) is 7.41. The van der Waals surface area contributed by atoms with Gasteiger partial charge in [0.1, 0.15) is 0 Å². The normalized spacial score (nSPS) is 23.4. The Labute approximate surface area is 91.8 Å². The Bertz CT molecular complexity index is 315. The maximum absolute atomic E-state index is 11.5. The zero-order chi connectivity index (χ0) is 12.3. The van der Waals surface area contributed by atoms with Crippen LogP contribution in [0.1, 0.15) is 13.3 Å². The van der Waals surface area contributed by atoms with Crippen LogP contribution in [0.25, 0.3) is 0 Å². The van der Waals surface area contributed by atoms with Crippen LogP contribution >= 0.6 is 0 Å². The van der Waals surface area contributed by atoms with Gasteiger partial charge in [-0.25, -0.2) is 4.79 Å². The number of aliphatic hydroxyl groups excluding tert-OH is 1. The van der Waals surface area contributed by atoms with E-state index in [2.05, 4.69) is 10.6 Å². The van der Waals surface area contributed by atoms with Crippen LogP contribution in [0, 0.1) is 5.92 Å². The lowest BCUT2D eigenvalue weighted by Gasteiger charge is -2.18. The molecule has 0 bridgehead atoms. The van der Waals surface area contributed by atoms with E-state index >= 15 is 0 Å². The minimum atomic E-state index is -1.34. The molecule has 0 aromatic rings. The fourth-order valence-corrected chi connectivity index (χ4v) is 1.45. The lowest BCUT2D eigenvalue weighted by atomic mass is 10.1. The van der Waals surface area contributed by atoms with Crippen molar-refractivity contribution < 1.29 is 24.6 Å². The van der Waals surface area contributed by atoms with Gasteiger partial charge in [0, 0.05) is 13.0 Å². The molecule has 0 aromatic carbocycles. The molecular formula is C9H14N2O5. The summed E-state index contributed by atoms with van der Waals surface area (Å²) in [6, 6.07) is -1.34. The molecule has 0 saturated carbocycles. The van der Waals surface area contributed by atoms with Crippen LogP contribution < -0.4 is 10.6 Å². The van der Waals surface area contributed by atoms with Gasteiger partial charge in [0.2, 0.25) is 11.8 Å². The number of carbonyl (C=O) groups is 3. The van der Waals surface area contributed by atoms with Gasteiger partial charge in [0.25, 0.3) is 0 Å². The van der Waals surface area contributed by atoms with E-state index < -0.39 is 29.9 Å². The summed E-state index contributed by atoms with van der Waals surface area (Å²) in [5.74, 6) is -2.63. The lowest BCUT2D eigenvalue weighted by molar-refractivity contribution is -0.145. The van der Waals surface area contributed by atoms with Gasteiger partial charge in [-0.3, -0.25) is 9.59 Å². The summed E-state index contributed by atoms with van der Waals surface area (Å²) in [7, 11) is 0. The molecule has 1 aliphatic rings. The number of nitrogens with one attached hydrogen (secondary N) is 2. The molecule has 1 aliphatic heterocycles. The van der Waals surface area contributed by atoms with Crippen molar-refractivity contribution >= 4 is 17.8 Å². The largest absolute Gasteiger partial charge is 0.480 e. The van der Waals surface area contributed by atoms with E-state index in [-0.39, 0.29) is 18.9 Å². The predicted molar refractivity (Wildman–Crippen MR) is 52.4 cm³/mol. The first-order valence-corrected chi connectivity index (χ1v) is 4.89. The zero-order valence-electron chi connectivity index (χ0n) is 8.77. The van der Waals surface area contributed by atoms with Gasteiger partial charge in [0.15, 0.2) is 6.04 Å². The summed E-state index contributed by atoms with van der Waals surface area (Å²) in [6.07, 6.45) is -1.13. The molecule has 1 rings (SSSR count). The van der Waals surface area contributed by atoms with Gasteiger partial charge in [-0.2, -0.15) is 0 Å². The van der Waals surface area contributed by atoms with E-state index in [1.54, 1.807) is 0 Å². The molecule has 2 amide bonds. The van der Waals surface area contributed by atoms with E-state index in [4.69, 9.17) is 10.2 Å². The third-order valence-electron chi connectivity index (χ3n) is 2.39. The molecule has 4 N–H and O–H groups in total. The fourth-order valence-electron chi connectivity index (χ4n) is 1.45. The number of carboxylic acids is 1. The Kier molecular flexibility index (Phi) is 3.83. The molecule has 7 nitrogen and oxygen atoms in total.